The number of nitrogens with two attached hydrogens (primary N) is 1. The van der Waals surface area contributed by atoms with E-state index in [0.29, 0.717) is 11.1 Å². The van der Waals surface area contributed by atoms with Gasteiger partial charge in [-0.1, -0.05) is 48.5 Å². The van der Waals surface area contributed by atoms with E-state index in [9.17, 15) is 8.42 Å². The SMILES string of the molecule is N=C(N)c1cccc(CS(=O)(=O)Cc2ccccc2)c1. The average molecular weight is 288 g/mol. The minimum atomic E-state index is -3.24. The van der Waals surface area contributed by atoms with Crippen LogP contribution in [0.15, 0.2) is 54.6 Å². The number of hydrogen-bond donors (Lipinski definition) is 2. The topological polar surface area (TPSA) is 84.0 Å². The summed E-state index contributed by atoms with van der Waals surface area (Å²) in [6, 6.07) is 15.9. The summed E-state index contributed by atoms with van der Waals surface area (Å²) >= 11 is 0. The first-order valence-electron chi connectivity index (χ1n) is 6.14. The second-order valence-electron chi connectivity index (χ2n) is 4.63. The highest BCUT2D eigenvalue weighted by molar-refractivity contribution is 7.89. The highest BCUT2D eigenvalue weighted by Crippen LogP contribution is 2.13. The van der Waals surface area contributed by atoms with Crippen molar-refractivity contribution in [2.45, 2.75) is 11.5 Å². The molecule has 0 saturated heterocycles. The van der Waals surface area contributed by atoms with Gasteiger partial charge < -0.3 is 5.73 Å². The van der Waals surface area contributed by atoms with Crippen LogP contribution < -0.4 is 5.73 Å². The number of hydrogen-bond acceptors (Lipinski definition) is 3. The fraction of sp³-hybridized carbons (Fsp3) is 0.133. The van der Waals surface area contributed by atoms with Crippen molar-refractivity contribution in [2.24, 2.45) is 5.73 Å². The largest absolute Gasteiger partial charge is 0.384 e. The van der Waals surface area contributed by atoms with Gasteiger partial charge in [-0.2, -0.15) is 0 Å². The molecule has 0 amide bonds. The monoisotopic (exact) mass is 288 g/mol. The lowest BCUT2D eigenvalue weighted by molar-refractivity contribution is 0.594. The Hall–Kier alpha value is -2.14. The number of nitrogen functional groups attached to an aromatic ring is 1. The van der Waals surface area contributed by atoms with Gasteiger partial charge in [0, 0.05) is 5.56 Å². The maximum Gasteiger partial charge on any atom is 0.158 e. The van der Waals surface area contributed by atoms with Crippen LogP contribution in [0, 0.1) is 5.41 Å². The van der Waals surface area contributed by atoms with Crippen molar-refractivity contribution >= 4 is 15.7 Å². The number of benzene rings is 2. The summed E-state index contributed by atoms with van der Waals surface area (Å²) in [5, 5.41) is 7.37. The molecule has 5 heteroatoms. The summed E-state index contributed by atoms with van der Waals surface area (Å²) in [6.07, 6.45) is 0. The van der Waals surface area contributed by atoms with Crippen LogP contribution >= 0.6 is 0 Å². The minimum absolute atomic E-state index is 0.0120. The van der Waals surface area contributed by atoms with Gasteiger partial charge in [-0.3, -0.25) is 5.41 Å². The lowest BCUT2D eigenvalue weighted by atomic mass is 10.1. The van der Waals surface area contributed by atoms with E-state index in [4.69, 9.17) is 11.1 Å². The van der Waals surface area contributed by atoms with Gasteiger partial charge in [0.15, 0.2) is 9.84 Å². The summed E-state index contributed by atoms with van der Waals surface area (Å²) < 4.78 is 24.3. The standard InChI is InChI=1S/C15H16N2O2S/c16-15(17)14-8-4-7-13(9-14)11-20(18,19)10-12-5-2-1-3-6-12/h1-9H,10-11H2,(H3,16,17). The Bertz CT molecular complexity index is 710. The first-order chi connectivity index (χ1) is 9.46. The third kappa shape index (κ3) is 3.93. The maximum atomic E-state index is 12.2. The third-order valence-corrected chi connectivity index (χ3v) is 4.40. The first-order valence-corrected chi connectivity index (χ1v) is 7.96. The molecule has 0 atom stereocenters. The van der Waals surface area contributed by atoms with Gasteiger partial charge in [0.2, 0.25) is 0 Å². The molecule has 3 N–H and O–H groups in total. The quantitative estimate of drug-likeness (QED) is 0.652. The van der Waals surface area contributed by atoms with E-state index in [1.54, 1.807) is 36.4 Å². The Kier molecular flexibility index (Phi) is 4.20. The molecule has 0 bridgehead atoms. The van der Waals surface area contributed by atoms with E-state index in [1.165, 1.54) is 0 Å². The lowest BCUT2D eigenvalue weighted by Gasteiger charge is -2.06. The molecular formula is C15H16N2O2S. The van der Waals surface area contributed by atoms with E-state index in [-0.39, 0.29) is 17.3 Å². The lowest BCUT2D eigenvalue weighted by Crippen LogP contribution is -2.12. The molecule has 0 aliphatic carbocycles. The minimum Gasteiger partial charge on any atom is -0.384 e. The van der Waals surface area contributed by atoms with Gasteiger partial charge in [0.05, 0.1) is 11.5 Å². The van der Waals surface area contributed by atoms with E-state index in [0.717, 1.165) is 5.56 Å². The van der Waals surface area contributed by atoms with Gasteiger partial charge >= 0.3 is 0 Å². The Morgan fingerprint density at radius 3 is 2.20 bits per heavy atom. The summed E-state index contributed by atoms with van der Waals surface area (Å²) in [5.74, 6) is -0.103. The van der Waals surface area contributed by atoms with E-state index in [2.05, 4.69) is 0 Å². The van der Waals surface area contributed by atoms with Crippen LogP contribution in [-0.4, -0.2) is 14.3 Å². The Morgan fingerprint density at radius 2 is 1.55 bits per heavy atom. The Labute approximate surface area is 118 Å². The molecule has 2 rings (SSSR count). The van der Waals surface area contributed by atoms with Crippen molar-refractivity contribution < 1.29 is 8.42 Å². The molecule has 20 heavy (non-hydrogen) atoms. The summed E-state index contributed by atoms with van der Waals surface area (Å²) in [6.45, 7) is 0. The molecule has 2 aromatic carbocycles. The molecule has 4 nitrogen and oxygen atoms in total. The number of rotatable bonds is 5. The molecule has 0 unspecified atom stereocenters. The second kappa shape index (κ2) is 5.88. The molecular weight excluding hydrogens is 272 g/mol. The van der Waals surface area contributed by atoms with Crippen molar-refractivity contribution in [3.63, 3.8) is 0 Å². The Morgan fingerprint density at radius 1 is 0.950 bits per heavy atom. The molecule has 2 aromatic rings. The predicted octanol–water partition coefficient (Wildman–Crippen LogP) is 2.09. The average Bonchev–Trinajstić information content (AvgIpc) is 2.39. The fourth-order valence-electron chi connectivity index (χ4n) is 1.96. The van der Waals surface area contributed by atoms with E-state index >= 15 is 0 Å². The van der Waals surface area contributed by atoms with Gasteiger partial charge in [0.1, 0.15) is 5.84 Å². The molecule has 104 valence electrons. The zero-order valence-electron chi connectivity index (χ0n) is 10.9. The molecule has 0 radical (unpaired) electrons. The smallest absolute Gasteiger partial charge is 0.158 e. The molecule has 0 aliphatic rings. The Balaban J connectivity index is 2.16. The predicted molar refractivity (Wildman–Crippen MR) is 80.2 cm³/mol. The van der Waals surface area contributed by atoms with Crippen molar-refractivity contribution in [1.82, 2.24) is 0 Å². The van der Waals surface area contributed by atoms with Gasteiger partial charge in [-0.25, -0.2) is 8.42 Å². The number of amidine groups is 1. The molecule has 0 aliphatic heterocycles. The van der Waals surface area contributed by atoms with Crippen LogP contribution in [0.25, 0.3) is 0 Å². The zero-order valence-corrected chi connectivity index (χ0v) is 11.7. The number of sulfone groups is 1. The normalized spacial score (nSPS) is 11.2. The van der Waals surface area contributed by atoms with Crippen molar-refractivity contribution in [1.29, 1.82) is 5.41 Å². The maximum absolute atomic E-state index is 12.2. The number of nitrogens with one attached hydrogen (secondary N) is 1. The van der Waals surface area contributed by atoms with Crippen LogP contribution in [0.2, 0.25) is 0 Å². The fourth-order valence-corrected chi connectivity index (χ4v) is 3.45. The zero-order chi connectivity index (χ0) is 14.6. The molecule has 0 fully saturated rings. The van der Waals surface area contributed by atoms with Crippen LogP contribution in [-0.2, 0) is 21.3 Å². The van der Waals surface area contributed by atoms with Gasteiger partial charge in [-0.15, -0.1) is 0 Å². The van der Waals surface area contributed by atoms with Crippen LogP contribution in [0.1, 0.15) is 16.7 Å². The highest BCUT2D eigenvalue weighted by Gasteiger charge is 2.13. The summed E-state index contributed by atoms with van der Waals surface area (Å²) in [4.78, 5) is 0. The molecule has 0 aromatic heterocycles. The van der Waals surface area contributed by atoms with Crippen molar-refractivity contribution in [3.8, 4) is 0 Å². The first kappa shape index (κ1) is 14.3. The highest BCUT2D eigenvalue weighted by atomic mass is 32.2. The summed E-state index contributed by atoms with van der Waals surface area (Å²) in [7, 11) is -3.24. The molecule has 0 spiro atoms. The molecule has 0 saturated carbocycles. The second-order valence-corrected chi connectivity index (χ2v) is 6.70. The van der Waals surface area contributed by atoms with E-state index in [1.807, 2.05) is 18.2 Å². The summed E-state index contributed by atoms with van der Waals surface area (Å²) in [5.41, 5.74) is 7.36. The molecule has 0 heterocycles. The van der Waals surface area contributed by atoms with E-state index < -0.39 is 9.84 Å². The van der Waals surface area contributed by atoms with Gasteiger partial charge in [0.25, 0.3) is 0 Å². The van der Waals surface area contributed by atoms with Crippen LogP contribution in [0.3, 0.4) is 0 Å². The van der Waals surface area contributed by atoms with Crippen molar-refractivity contribution in [2.75, 3.05) is 0 Å². The van der Waals surface area contributed by atoms with Crippen LogP contribution in [0.4, 0.5) is 0 Å². The third-order valence-electron chi connectivity index (χ3n) is 2.85. The van der Waals surface area contributed by atoms with Gasteiger partial charge in [-0.05, 0) is 17.2 Å². The van der Waals surface area contributed by atoms with Crippen LogP contribution in [0.5, 0.6) is 0 Å². The van der Waals surface area contributed by atoms with Crippen molar-refractivity contribution in [3.05, 3.63) is 71.3 Å².